The predicted molar refractivity (Wildman–Crippen MR) is 101 cm³/mol. The summed E-state index contributed by atoms with van der Waals surface area (Å²) in [4.78, 5) is 21.0. The number of hydrogen-bond donors (Lipinski definition) is 1. The van der Waals surface area contributed by atoms with Crippen molar-refractivity contribution >= 4 is 18.3 Å². The fourth-order valence-corrected chi connectivity index (χ4v) is 3.11. The van der Waals surface area contributed by atoms with E-state index in [2.05, 4.69) is 15.0 Å². The second-order valence-electron chi connectivity index (χ2n) is 6.88. The summed E-state index contributed by atoms with van der Waals surface area (Å²) in [5, 5.41) is 3.98. The van der Waals surface area contributed by atoms with E-state index in [1.165, 1.54) is 0 Å². The van der Waals surface area contributed by atoms with Crippen molar-refractivity contribution < 1.29 is 14.1 Å². The molecule has 1 aliphatic heterocycles. The van der Waals surface area contributed by atoms with Gasteiger partial charge >= 0.3 is 0 Å². The summed E-state index contributed by atoms with van der Waals surface area (Å²) >= 11 is 0. The van der Waals surface area contributed by atoms with Gasteiger partial charge in [-0.05, 0) is 27.2 Å². The van der Waals surface area contributed by atoms with Gasteiger partial charge in [0.05, 0.1) is 12.1 Å². The number of nitrogens with zero attached hydrogens (tertiary/aromatic N) is 4. The summed E-state index contributed by atoms with van der Waals surface area (Å²) in [5.74, 6) is 1.19. The van der Waals surface area contributed by atoms with Gasteiger partial charge in [-0.1, -0.05) is 18.5 Å². The van der Waals surface area contributed by atoms with Crippen LogP contribution in [0.1, 0.15) is 58.4 Å². The van der Waals surface area contributed by atoms with E-state index in [1.54, 1.807) is 0 Å². The standard InChI is InChI=1S/C17H31N5O3.ClH/c1-5-7-17(4,18)16(23)22-10-8-21(9-11-22)12-14-19-15(20-25-14)13(3)24-6-2;/h13H,5-12,18H2,1-4H3;1H. The number of nitrogens with two attached hydrogens (primary N) is 1. The molecule has 1 aromatic rings. The molecule has 26 heavy (non-hydrogen) atoms. The Morgan fingerprint density at radius 2 is 2.00 bits per heavy atom. The van der Waals surface area contributed by atoms with Gasteiger partial charge in [0.2, 0.25) is 11.8 Å². The summed E-state index contributed by atoms with van der Waals surface area (Å²) < 4.78 is 10.8. The Labute approximate surface area is 161 Å². The molecule has 2 unspecified atom stereocenters. The average molecular weight is 390 g/mol. The molecule has 0 aromatic carbocycles. The Morgan fingerprint density at radius 1 is 1.35 bits per heavy atom. The number of ether oxygens (including phenoxy) is 1. The first-order valence-corrected chi connectivity index (χ1v) is 9.12. The zero-order valence-corrected chi connectivity index (χ0v) is 17.0. The van der Waals surface area contributed by atoms with Crippen LogP contribution < -0.4 is 5.73 Å². The van der Waals surface area contributed by atoms with Crippen LogP contribution in [0.5, 0.6) is 0 Å². The molecule has 0 aliphatic carbocycles. The maximum absolute atomic E-state index is 12.5. The molecule has 150 valence electrons. The molecule has 1 aliphatic rings. The maximum atomic E-state index is 12.5. The molecule has 9 heteroatoms. The number of amides is 1. The highest BCUT2D eigenvalue weighted by Crippen LogP contribution is 2.17. The summed E-state index contributed by atoms with van der Waals surface area (Å²) in [6.07, 6.45) is 1.44. The van der Waals surface area contributed by atoms with Crippen molar-refractivity contribution in [1.82, 2.24) is 19.9 Å². The minimum absolute atomic E-state index is 0. The molecule has 0 saturated carbocycles. The topological polar surface area (TPSA) is 97.7 Å². The van der Waals surface area contributed by atoms with E-state index < -0.39 is 5.54 Å². The fourth-order valence-electron chi connectivity index (χ4n) is 3.11. The minimum atomic E-state index is -0.770. The van der Waals surface area contributed by atoms with Crippen molar-refractivity contribution in [2.45, 2.75) is 58.7 Å². The monoisotopic (exact) mass is 389 g/mol. The molecular weight excluding hydrogens is 358 g/mol. The van der Waals surface area contributed by atoms with E-state index >= 15 is 0 Å². The van der Waals surface area contributed by atoms with Gasteiger partial charge in [0.1, 0.15) is 6.10 Å². The van der Waals surface area contributed by atoms with Crippen LogP contribution in [0.4, 0.5) is 0 Å². The first kappa shape index (κ1) is 22.8. The molecule has 1 fully saturated rings. The maximum Gasteiger partial charge on any atom is 0.242 e. The van der Waals surface area contributed by atoms with E-state index in [0.717, 1.165) is 19.5 Å². The van der Waals surface area contributed by atoms with Crippen molar-refractivity contribution in [1.29, 1.82) is 0 Å². The Kier molecular flexibility index (Phi) is 8.95. The number of piperazine rings is 1. The molecule has 2 N–H and O–H groups in total. The van der Waals surface area contributed by atoms with Crippen molar-refractivity contribution in [3.05, 3.63) is 11.7 Å². The molecule has 2 heterocycles. The molecule has 2 rings (SSSR count). The van der Waals surface area contributed by atoms with Crippen molar-refractivity contribution in [2.24, 2.45) is 5.73 Å². The molecule has 0 bridgehead atoms. The van der Waals surface area contributed by atoms with Gasteiger partial charge in [-0.2, -0.15) is 4.98 Å². The van der Waals surface area contributed by atoms with E-state index in [1.807, 2.05) is 32.6 Å². The summed E-state index contributed by atoms with van der Waals surface area (Å²) in [5.41, 5.74) is 5.40. The van der Waals surface area contributed by atoms with E-state index in [-0.39, 0.29) is 24.4 Å². The Balaban J connectivity index is 0.00000338. The molecule has 0 spiro atoms. The van der Waals surface area contributed by atoms with Crippen LogP contribution in [0.3, 0.4) is 0 Å². The van der Waals surface area contributed by atoms with Gasteiger partial charge < -0.3 is 19.9 Å². The van der Waals surface area contributed by atoms with Gasteiger partial charge in [0, 0.05) is 32.8 Å². The first-order chi connectivity index (χ1) is 11.9. The van der Waals surface area contributed by atoms with Gasteiger partial charge in [0.15, 0.2) is 5.82 Å². The lowest BCUT2D eigenvalue weighted by atomic mass is 9.95. The van der Waals surface area contributed by atoms with Crippen molar-refractivity contribution in [3.8, 4) is 0 Å². The highest BCUT2D eigenvalue weighted by Gasteiger charge is 2.33. The van der Waals surface area contributed by atoms with Crippen LogP contribution in [-0.4, -0.2) is 64.2 Å². The van der Waals surface area contributed by atoms with Crippen LogP contribution in [0, 0.1) is 0 Å². The molecular formula is C17H32ClN5O3. The third-order valence-electron chi connectivity index (χ3n) is 4.54. The van der Waals surface area contributed by atoms with Gasteiger partial charge in [-0.15, -0.1) is 12.4 Å². The Hall–Kier alpha value is -1.22. The zero-order chi connectivity index (χ0) is 18.4. The number of hydrogen-bond acceptors (Lipinski definition) is 7. The van der Waals surface area contributed by atoms with Crippen LogP contribution in [0.15, 0.2) is 4.52 Å². The predicted octanol–water partition coefficient (Wildman–Crippen LogP) is 1.75. The SMILES string of the molecule is CCCC(C)(N)C(=O)N1CCN(Cc2nc(C(C)OCC)no2)CC1.Cl. The lowest BCUT2D eigenvalue weighted by Gasteiger charge is -2.38. The summed E-state index contributed by atoms with van der Waals surface area (Å²) in [7, 11) is 0. The van der Waals surface area contributed by atoms with E-state index in [4.69, 9.17) is 15.0 Å². The van der Waals surface area contributed by atoms with Crippen LogP contribution in [0.25, 0.3) is 0 Å². The van der Waals surface area contributed by atoms with Crippen LogP contribution in [-0.2, 0) is 16.1 Å². The lowest BCUT2D eigenvalue weighted by molar-refractivity contribution is -0.138. The Bertz CT molecular complexity index is 558. The van der Waals surface area contributed by atoms with Crippen LogP contribution >= 0.6 is 12.4 Å². The summed E-state index contributed by atoms with van der Waals surface area (Å²) in [6.45, 7) is 11.8. The van der Waals surface area contributed by atoms with Crippen molar-refractivity contribution in [3.63, 3.8) is 0 Å². The number of carbonyl (C=O) groups excluding carboxylic acids is 1. The summed E-state index contributed by atoms with van der Waals surface area (Å²) in [6, 6.07) is 0. The highest BCUT2D eigenvalue weighted by atomic mass is 35.5. The van der Waals surface area contributed by atoms with Gasteiger partial charge in [0.25, 0.3) is 0 Å². The second kappa shape index (κ2) is 10.2. The van der Waals surface area contributed by atoms with E-state index in [9.17, 15) is 4.79 Å². The third kappa shape index (κ3) is 5.90. The fraction of sp³-hybridized carbons (Fsp3) is 0.824. The molecule has 1 amide bonds. The number of rotatable bonds is 8. The molecule has 2 atom stereocenters. The quantitative estimate of drug-likeness (QED) is 0.723. The Morgan fingerprint density at radius 3 is 2.58 bits per heavy atom. The largest absolute Gasteiger partial charge is 0.371 e. The average Bonchev–Trinajstić information content (AvgIpc) is 3.04. The first-order valence-electron chi connectivity index (χ1n) is 9.12. The van der Waals surface area contributed by atoms with Gasteiger partial charge in [-0.3, -0.25) is 9.69 Å². The van der Waals surface area contributed by atoms with Gasteiger partial charge in [-0.25, -0.2) is 0 Å². The minimum Gasteiger partial charge on any atom is -0.371 e. The molecule has 8 nitrogen and oxygen atoms in total. The van der Waals surface area contributed by atoms with Crippen molar-refractivity contribution in [2.75, 3.05) is 32.8 Å². The van der Waals surface area contributed by atoms with E-state index in [0.29, 0.717) is 44.4 Å². The second-order valence-corrected chi connectivity index (χ2v) is 6.88. The molecule has 0 radical (unpaired) electrons. The smallest absolute Gasteiger partial charge is 0.242 e. The molecule has 1 saturated heterocycles. The third-order valence-corrected chi connectivity index (χ3v) is 4.54. The molecule has 1 aromatic heterocycles. The lowest BCUT2D eigenvalue weighted by Crippen LogP contribution is -2.58. The zero-order valence-electron chi connectivity index (χ0n) is 16.2. The highest BCUT2D eigenvalue weighted by molar-refractivity contribution is 5.86. The number of carbonyl (C=O) groups is 1. The van der Waals surface area contributed by atoms with Crippen LogP contribution in [0.2, 0.25) is 0 Å². The number of aromatic nitrogens is 2. The normalized spacial score (nSPS) is 18.9. The number of halogens is 1.